The standard InChI is InChI=1S/C19H37N5O3S.HI/c1-20-19(24-11-7-17(16-24)15-23-9-3-4-10-23)21-8-13-28(25,26)22-14-18-6-2-5-12-27-18;/h17-18,22H,2-16H2,1H3,(H,20,21);1H. The highest BCUT2D eigenvalue weighted by molar-refractivity contribution is 14.0. The van der Waals surface area contributed by atoms with E-state index in [1.807, 2.05) is 0 Å². The zero-order valence-corrected chi connectivity index (χ0v) is 20.8. The van der Waals surface area contributed by atoms with Gasteiger partial charge in [0.05, 0.1) is 11.9 Å². The monoisotopic (exact) mass is 543 g/mol. The van der Waals surface area contributed by atoms with Crippen LogP contribution in [-0.2, 0) is 14.8 Å². The molecule has 3 rings (SSSR count). The molecule has 0 bridgehead atoms. The van der Waals surface area contributed by atoms with Gasteiger partial charge in [0.1, 0.15) is 0 Å². The van der Waals surface area contributed by atoms with Gasteiger partial charge in [-0.2, -0.15) is 0 Å². The van der Waals surface area contributed by atoms with E-state index in [0.29, 0.717) is 19.0 Å². The maximum Gasteiger partial charge on any atom is 0.213 e. The third kappa shape index (κ3) is 8.47. The minimum absolute atomic E-state index is 0. The van der Waals surface area contributed by atoms with Gasteiger partial charge in [0, 0.05) is 46.4 Å². The number of hydrogen-bond acceptors (Lipinski definition) is 5. The summed E-state index contributed by atoms with van der Waals surface area (Å²) in [6.07, 6.45) is 6.96. The molecule has 3 heterocycles. The van der Waals surface area contributed by atoms with Crippen LogP contribution in [0.1, 0.15) is 38.5 Å². The van der Waals surface area contributed by atoms with E-state index in [4.69, 9.17) is 4.74 Å². The number of aliphatic imine (C=N–C) groups is 1. The lowest BCUT2D eigenvalue weighted by Gasteiger charge is -2.24. The zero-order valence-electron chi connectivity index (χ0n) is 17.6. The molecular weight excluding hydrogens is 505 g/mol. The Morgan fingerprint density at radius 3 is 2.62 bits per heavy atom. The molecular formula is C19H38IN5O3S. The largest absolute Gasteiger partial charge is 0.377 e. The molecule has 0 radical (unpaired) electrons. The van der Waals surface area contributed by atoms with Gasteiger partial charge >= 0.3 is 0 Å². The van der Waals surface area contributed by atoms with Crippen LogP contribution in [0.15, 0.2) is 4.99 Å². The fraction of sp³-hybridized carbons (Fsp3) is 0.947. The first-order valence-electron chi connectivity index (χ1n) is 10.8. The normalized spacial score (nSPS) is 26.5. The summed E-state index contributed by atoms with van der Waals surface area (Å²) in [5.74, 6) is 1.54. The van der Waals surface area contributed by atoms with E-state index < -0.39 is 10.0 Å². The molecule has 29 heavy (non-hydrogen) atoms. The van der Waals surface area contributed by atoms with E-state index in [0.717, 1.165) is 44.9 Å². The summed E-state index contributed by atoms with van der Waals surface area (Å²) in [6, 6.07) is 0. The zero-order chi connectivity index (χ0) is 19.8. The van der Waals surface area contributed by atoms with E-state index in [1.54, 1.807) is 7.05 Å². The summed E-state index contributed by atoms with van der Waals surface area (Å²) in [4.78, 5) is 9.19. The van der Waals surface area contributed by atoms with Crippen LogP contribution in [0.3, 0.4) is 0 Å². The average Bonchev–Trinajstić information content (AvgIpc) is 3.37. The SMILES string of the molecule is CN=C(NCCS(=O)(=O)NCC1CCCCO1)N1CCC(CN2CCCC2)C1.I. The Hall–Kier alpha value is -0.170. The number of nitrogens with one attached hydrogen (secondary N) is 2. The van der Waals surface area contributed by atoms with Gasteiger partial charge < -0.3 is 19.9 Å². The van der Waals surface area contributed by atoms with Crippen LogP contribution >= 0.6 is 24.0 Å². The number of halogens is 1. The number of sulfonamides is 1. The van der Waals surface area contributed by atoms with Gasteiger partial charge in [-0.15, -0.1) is 24.0 Å². The molecule has 3 fully saturated rings. The van der Waals surface area contributed by atoms with E-state index >= 15 is 0 Å². The second kappa shape index (κ2) is 12.6. The van der Waals surface area contributed by atoms with E-state index in [1.165, 1.54) is 38.9 Å². The van der Waals surface area contributed by atoms with Crippen LogP contribution in [0.2, 0.25) is 0 Å². The average molecular weight is 544 g/mol. The number of guanidine groups is 1. The molecule has 0 aromatic rings. The molecule has 2 unspecified atom stereocenters. The van der Waals surface area contributed by atoms with Crippen LogP contribution in [0, 0.1) is 5.92 Å². The third-order valence-corrected chi connectivity index (χ3v) is 7.32. The van der Waals surface area contributed by atoms with Crippen LogP contribution in [0.4, 0.5) is 0 Å². The van der Waals surface area contributed by atoms with Crippen LogP contribution in [0.25, 0.3) is 0 Å². The highest BCUT2D eigenvalue weighted by Crippen LogP contribution is 2.20. The molecule has 0 aliphatic carbocycles. The number of nitrogens with zero attached hydrogens (tertiary/aromatic N) is 3. The van der Waals surface area contributed by atoms with Crippen molar-refractivity contribution in [1.82, 2.24) is 19.8 Å². The topological polar surface area (TPSA) is 86.3 Å². The summed E-state index contributed by atoms with van der Waals surface area (Å²) >= 11 is 0. The summed E-state index contributed by atoms with van der Waals surface area (Å²) < 4.78 is 32.8. The Balaban J connectivity index is 0.00000300. The Bertz CT molecular complexity index is 607. The maximum absolute atomic E-state index is 12.2. The van der Waals surface area contributed by atoms with Gasteiger partial charge in [0.25, 0.3) is 0 Å². The first-order valence-corrected chi connectivity index (χ1v) is 12.5. The molecule has 0 amide bonds. The van der Waals surface area contributed by atoms with E-state index in [-0.39, 0.29) is 35.8 Å². The molecule has 3 saturated heterocycles. The molecule has 170 valence electrons. The van der Waals surface area contributed by atoms with Gasteiger partial charge in [-0.1, -0.05) is 0 Å². The molecule has 3 aliphatic heterocycles. The summed E-state index contributed by atoms with van der Waals surface area (Å²) in [6.45, 7) is 7.11. The summed E-state index contributed by atoms with van der Waals surface area (Å²) in [7, 11) is -1.54. The molecule has 2 atom stereocenters. The number of hydrogen-bond donors (Lipinski definition) is 2. The lowest BCUT2D eigenvalue weighted by molar-refractivity contribution is 0.0200. The highest BCUT2D eigenvalue weighted by Gasteiger charge is 2.27. The highest BCUT2D eigenvalue weighted by atomic mass is 127. The van der Waals surface area contributed by atoms with Crippen molar-refractivity contribution in [2.24, 2.45) is 10.9 Å². The van der Waals surface area contributed by atoms with E-state index in [2.05, 4.69) is 24.8 Å². The van der Waals surface area contributed by atoms with Gasteiger partial charge in [-0.3, -0.25) is 4.99 Å². The van der Waals surface area contributed by atoms with Crippen LogP contribution < -0.4 is 10.0 Å². The van der Waals surface area contributed by atoms with Crippen molar-refractivity contribution in [3.8, 4) is 0 Å². The molecule has 0 aromatic heterocycles. The van der Waals surface area contributed by atoms with Crippen molar-refractivity contribution in [3.05, 3.63) is 0 Å². The maximum atomic E-state index is 12.2. The summed E-state index contributed by atoms with van der Waals surface area (Å²) in [5.41, 5.74) is 0. The van der Waals surface area contributed by atoms with Crippen molar-refractivity contribution in [1.29, 1.82) is 0 Å². The van der Waals surface area contributed by atoms with Gasteiger partial charge in [-0.05, 0) is 57.5 Å². The number of likely N-dealkylation sites (tertiary alicyclic amines) is 2. The third-order valence-electron chi connectivity index (χ3n) is 5.97. The van der Waals surface area contributed by atoms with E-state index in [9.17, 15) is 8.42 Å². The smallest absolute Gasteiger partial charge is 0.213 e. The lowest BCUT2D eigenvalue weighted by Crippen LogP contribution is -2.44. The van der Waals surface area contributed by atoms with Crippen molar-refractivity contribution in [2.45, 2.75) is 44.6 Å². The molecule has 0 saturated carbocycles. The Kier molecular flexibility index (Phi) is 10.9. The first-order chi connectivity index (χ1) is 13.6. The summed E-state index contributed by atoms with van der Waals surface area (Å²) in [5, 5.41) is 3.23. The first kappa shape index (κ1) is 25.1. The molecule has 2 N–H and O–H groups in total. The molecule has 0 aromatic carbocycles. The fourth-order valence-electron chi connectivity index (χ4n) is 4.39. The van der Waals surface area contributed by atoms with Crippen LogP contribution in [0.5, 0.6) is 0 Å². The number of rotatable bonds is 8. The van der Waals surface area contributed by atoms with Crippen molar-refractivity contribution in [3.63, 3.8) is 0 Å². The minimum Gasteiger partial charge on any atom is -0.377 e. The minimum atomic E-state index is -3.31. The Morgan fingerprint density at radius 2 is 1.93 bits per heavy atom. The van der Waals surface area contributed by atoms with Gasteiger partial charge in [0.15, 0.2) is 5.96 Å². The predicted molar refractivity (Wildman–Crippen MR) is 128 cm³/mol. The Morgan fingerprint density at radius 1 is 1.14 bits per heavy atom. The van der Waals surface area contributed by atoms with Crippen molar-refractivity contribution >= 4 is 40.0 Å². The second-order valence-electron chi connectivity index (χ2n) is 8.24. The lowest BCUT2D eigenvalue weighted by atomic mass is 10.1. The van der Waals surface area contributed by atoms with Crippen LogP contribution in [-0.4, -0.2) is 95.5 Å². The van der Waals surface area contributed by atoms with Crippen molar-refractivity contribution in [2.75, 3.05) is 65.2 Å². The fourth-order valence-corrected chi connectivity index (χ4v) is 5.35. The molecule has 3 aliphatic rings. The number of ether oxygens (including phenoxy) is 1. The molecule has 8 nitrogen and oxygen atoms in total. The van der Waals surface area contributed by atoms with Crippen molar-refractivity contribution < 1.29 is 13.2 Å². The second-order valence-corrected chi connectivity index (χ2v) is 10.2. The Labute approximate surface area is 193 Å². The quantitative estimate of drug-likeness (QED) is 0.271. The van der Waals surface area contributed by atoms with Gasteiger partial charge in [-0.25, -0.2) is 13.1 Å². The van der Waals surface area contributed by atoms with Gasteiger partial charge in [0.2, 0.25) is 10.0 Å². The molecule has 0 spiro atoms. The molecule has 10 heteroatoms. The predicted octanol–water partition coefficient (Wildman–Crippen LogP) is 1.09.